The molecule has 0 aliphatic rings. The molecule has 0 aliphatic carbocycles. The molecular formula is C88H54N2O2S2. The van der Waals surface area contributed by atoms with Crippen LogP contribution in [0, 0.1) is 0 Å². The van der Waals surface area contributed by atoms with Crippen molar-refractivity contribution in [3.05, 3.63) is 328 Å². The second-order valence-corrected chi connectivity index (χ2v) is 26.2. The highest BCUT2D eigenvalue weighted by Crippen LogP contribution is 2.49. The van der Waals surface area contributed by atoms with E-state index < -0.39 is 0 Å². The Bertz CT molecular complexity index is 6340. The van der Waals surface area contributed by atoms with E-state index >= 15 is 0 Å². The smallest absolute Gasteiger partial charge is 0.161 e. The Hall–Kier alpha value is -11.8. The summed E-state index contributed by atoms with van der Waals surface area (Å²) < 4.78 is 23.1. The van der Waals surface area contributed by atoms with E-state index in [0.717, 1.165) is 77.3 Å². The Morgan fingerprint density at radius 3 is 1.24 bits per heavy atom. The minimum Gasteiger partial charge on any atom is -0.454 e. The molecule has 0 atom stereocenters. The predicted octanol–water partition coefficient (Wildman–Crippen LogP) is 25.8. The Morgan fingerprint density at radius 1 is 0.234 bits per heavy atom. The highest BCUT2D eigenvalue weighted by molar-refractivity contribution is 7.26. The van der Waals surface area contributed by atoms with Crippen molar-refractivity contribution >= 4 is 129 Å². The van der Waals surface area contributed by atoms with Crippen molar-refractivity contribution in [2.45, 2.75) is 0 Å². The van der Waals surface area contributed by atoms with Gasteiger partial charge in [0.2, 0.25) is 0 Å². The van der Waals surface area contributed by atoms with E-state index in [1.807, 2.05) is 22.7 Å². The summed E-state index contributed by atoms with van der Waals surface area (Å²) in [7, 11) is 0. The zero-order valence-corrected chi connectivity index (χ0v) is 52.3. The lowest BCUT2D eigenvalue weighted by molar-refractivity contribution is 0.672. The molecule has 0 aliphatic heterocycles. The van der Waals surface area contributed by atoms with Crippen LogP contribution in [-0.2, 0) is 0 Å². The molecule has 440 valence electrons. The van der Waals surface area contributed by atoms with Gasteiger partial charge in [0, 0.05) is 78.8 Å². The average Bonchev–Trinajstić information content (AvgIpc) is 1.57. The van der Waals surface area contributed by atoms with Crippen LogP contribution in [-0.4, -0.2) is 9.13 Å². The van der Waals surface area contributed by atoms with Crippen LogP contribution in [0.5, 0.6) is 0 Å². The largest absolute Gasteiger partial charge is 0.454 e. The van der Waals surface area contributed by atoms with Gasteiger partial charge in [0.1, 0.15) is 22.2 Å². The molecule has 6 heterocycles. The third-order valence-corrected chi connectivity index (χ3v) is 21.3. The monoisotopic (exact) mass is 1230 g/mol. The fourth-order valence-corrected chi connectivity index (χ4v) is 17.1. The van der Waals surface area contributed by atoms with Gasteiger partial charge < -0.3 is 18.0 Å². The van der Waals surface area contributed by atoms with E-state index in [9.17, 15) is 0 Å². The first kappa shape index (κ1) is 54.0. The lowest BCUT2D eigenvalue weighted by Crippen LogP contribution is -1.93. The standard InChI is InChI=1S/2C44H27NOS/c1-3-13-28(14-4-1)32-20-11-22-36-41-34(21-12-24-40(41)47-44(32)36)33-18-8-7-17-31(33)29-25-26-39-37(27-29)42-43(46-39)35-19-9-10-23-38(35)45(42)30-15-5-2-6-16-30;1-3-12-28(13-4-1)29-23-25-41-37(26-29)35-20-11-19-34(44(35)47-41)33-17-8-7-16-32(33)30-22-24-40-38(27-30)42-43(46-40)36-18-9-10-21-39(36)45(42)31-14-5-2-6-15-31/h2*1-27H. The van der Waals surface area contributed by atoms with Gasteiger partial charge in [0.15, 0.2) is 11.2 Å². The maximum absolute atomic E-state index is 6.60. The van der Waals surface area contributed by atoms with Crippen LogP contribution >= 0.6 is 22.7 Å². The van der Waals surface area contributed by atoms with Crippen LogP contribution in [0.15, 0.2) is 336 Å². The number of fused-ring (bicyclic) bond motifs is 16. The van der Waals surface area contributed by atoms with Crippen LogP contribution in [0.2, 0.25) is 0 Å². The lowest BCUT2D eigenvalue weighted by Gasteiger charge is -2.12. The number of aromatic nitrogens is 2. The van der Waals surface area contributed by atoms with Gasteiger partial charge in [0.05, 0.1) is 11.0 Å². The van der Waals surface area contributed by atoms with Crippen molar-refractivity contribution in [2.75, 3.05) is 0 Å². The van der Waals surface area contributed by atoms with E-state index in [1.54, 1.807) is 0 Å². The number of para-hydroxylation sites is 4. The van der Waals surface area contributed by atoms with E-state index in [-0.39, 0.29) is 0 Å². The van der Waals surface area contributed by atoms with Crippen LogP contribution in [0.3, 0.4) is 0 Å². The molecule has 0 saturated heterocycles. The molecule has 0 saturated carbocycles. The first-order chi connectivity index (χ1) is 46.6. The summed E-state index contributed by atoms with van der Waals surface area (Å²) in [6.07, 6.45) is 0. The van der Waals surface area contributed by atoms with Gasteiger partial charge in [0.25, 0.3) is 0 Å². The van der Waals surface area contributed by atoms with Crippen molar-refractivity contribution < 1.29 is 8.83 Å². The number of rotatable bonds is 8. The molecule has 0 spiro atoms. The normalized spacial score (nSPS) is 11.8. The Labute approximate surface area is 548 Å². The highest BCUT2D eigenvalue weighted by atomic mass is 32.1. The van der Waals surface area contributed by atoms with Crippen LogP contribution < -0.4 is 0 Å². The Balaban J connectivity index is 0.000000133. The quantitative estimate of drug-likeness (QED) is 0.152. The summed E-state index contributed by atoms with van der Waals surface area (Å²) in [6, 6.07) is 118. The summed E-state index contributed by atoms with van der Waals surface area (Å²) in [5, 5.41) is 9.69. The molecule has 0 N–H and O–H groups in total. The minimum absolute atomic E-state index is 0.894. The van der Waals surface area contributed by atoms with Crippen LogP contribution in [0.4, 0.5) is 0 Å². The van der Waals surface area contributed by atoms with Crippen molar-refractivity contribution in [1.29, 1.82) is 0 Å². The molecule has 0 unspecified atom stereocenters. The molecule has 6 heteroatoms. The second kappa shape index (κ2) is 22.0. The molecule has 20 rings (SSSR count). The van der Waals surface area contributed by atoms with Crippen molar-refractivity contribution in [3.8, 4) is 78.1 Å². The predicted molar refractivity (Wildman–Crippen MR) is 400 cm³/mol. The molecule has 94 heavy (non-hydrogen) atoms. The Morgan fingerprint density at radius 2 is 0.649 bits per heavy atom. The zero-order chi connectivity index (χ0) is 61.8. The van der Waals surface area contributed by atoms with Gasteiger partial charge in [-0.25, -0.2) is 0 Å². The number of thiophene rings is 2. The molecule has 0 fully saturated rings. The molecule has 0 amide bonds. The molecule has 14 aromatic carbocycles. The van der Waals surface area contributed by atoms with E-state index in [0.29, 0.717) is 0 Å². The third kappa shape index (κ3) is 8.65. The molecule has 0 radical (unpaired) electrons. The first-order valence-electron chi connectivity index (χ1n) is 31.9. The molecular weight excluding hydrogens is 1180 g/mol. The molecule has 6 aromatic heterocycles. The molecule has 0 bridgehead atoms. The van der Waals surface area contributed by atoms with Crippen molar-refractivity contribution in [1.82, 2.24) is 9.13 Å². The molecule has 4 nitrogen and oxygen atoms in total. The first-order valence-corrected chi connectivity index (χ1v) is 33.5. The lowest BCUT2D eigenvalue weighted by atomic mass is 9.91. The fraction of sp³-hybridized carbons (Fsp3) is 0. The van der Waals surface area contributed by atoms with E-state index in [4.69, 9.17) is 8.83 Å². The maximum atomic E-state index is 6.60. The third-order valence-electron chi connectivity index (χ3n) is 18.8. The van der Waals surface area contributed by atoms with Crippen molar-refractivity contribution in [2.24, 2.45) is 0 Å². The number of furan rings is 2. The summed E-state index contributed by atoms with van der Waals surface area (Å²) >= 11 is 3.76. The minimum atomic E-state index is 0.894. The summed E-state index contributed by atoms with van der Waals surface area (Å²) in [6.45, 7) is 0. The SMILES string of the molecule is c1ccc(-c2ccc3sc4c(-c5ccccc5-c5ccc6oc7c8ccccc8n(-c8ccccc8)c7c6c5)cccc4c3c2)cc1.c1ccc(-c2cccc3c2sc2cccc(-c4ccccc4-c4ccc5oc6c7ccccc7n(-c7ccccc7)c6c5c4)c23)cc1. The summed E-state index contributed by atoms with van der Waals surface area (Å²) in [4.78, 5) is 0. The van der Waals surface area contributed by atoms with Crippen molar-refractivity contribution in [3.63, 3.8) is 0 Å². The van der Waals surface area contributed by atoms with Crippen LogP contribution in [0.25, 0.3) is 184 Å². The number of nitrogens with zero attached hydrogens (tertiary/aromatic N) is 2. The van der Waals surface area contributed by atoms with E-state index in [1.165, 1.54) is 107 Å². The maximum Gasteiger partial charge on any atom is 0.161 e. The highest BCUT2D eigenvalue weighted by Gasteiger charge is 2.24. The molecule has 20 aromatic rings. The van der Waals surface area contributed by atoms with Gasteiger partial charge in [-0.05, 0) is 152 Å². The number of benzene rings is 14. The summed E-state index contributed by atoms with van der Waals surface area (Å²) in [5.41, 5.74) is 25.1. The number of hydrogen-bond acceptors (Lipinski definition) is 4. The van der Waals surface area contributed by atoms with Gasteiger partial charge in [-0.3, -0.25) is 0 Å². The Kier molecular flexibility index (Phi) is 12.6. The summed E-state index contributed by atoms with van der Waals surface area (Å²) in [5.74, 6) is 0. The van der Waals surface area contributed by atoms with Crippen LogP contribution in [0.1, 0.15) is 0 Å². The van der Waals surface area contributed by atoms with Gasteiger partial charge in [-0.1, -0.05) is 237 Å². The van der Waals surface area contributed by atoms with Gasteiger partial charge in [-0.2, -0.15) is 0 Å². The fourth-order valence-electron chi connectivity index (χ4n) is 14.6. The number of hydrogen-bond donors (Lipinski definition) is 0. The van der Waals surface area contributed by atoms with Gasteiger partial charge in [-0.15, -0.1) is 22.7 Å². The zero-order valence-electron chi connectivity index (χ0n) is 50.7. The topological polar surface area (TPSA) is 36.1 Å². The second-order valence-electron chi connectivity index (χ2n) is 24.1. The average molecular weight is 1240 g/mol. The van der Waals surface area contributed by atoms with Gasteiger partial charge >= 0.3 is 0 Å². The van der Waals surface area contributed by atoms with E-state index in [2.05, 4.69) is 337 Å².